The van der Waals surface area contributed by atoms with E-state index in [1.807, 2.05) is 48.5 Å². The minimum absolute atomic E-state index is 0.0298. The van der Waals surface area contributed by atoms with Gasteiger partial charge in [-0.05, 0) is 24.3 Å². The molecule has 0 spiro atoms. The number of benzene rings is 2. The molecule has 1 aliphatic rings. The molecular formula is C25H25N5O4. The van der Waals surface area contributed by atoms with Crippen molar-refractivity contribution in [3.8, 4) is 5.88 Å². The zero-order chi connectivity index (χ0) is 23.5. The van der Waals surface area contributed by atoms with Crippen LogP contribution in [0.15, 0.2) is 59.7 Å². The summed E-state index contributed by atoms with van der Waals surface area (Å²) in [6, 6.07) is 15.1. The lowest BCUT2D eigenvalue weighted by Gasteiger charge is -2.32. The van der Waals surface area contributed by atoms with Gasteiger partial charge in [0.05, 0.1) is 35.1 Å². The molecule has 0 N–H and O–H groups in total. The fraction of sp³-hybridized carbons (Fsp3) is 0.320. The van der Waals surface area contributed by atoms with E-state index in [9.17, 15) is 9.59 Å². The molecule has 1 amide bonds. The fourth-order valence-corrected chi connectivity index (χ4v) is 4.20. The van der Waals surface area contributed by atoms with E-state index in [0.29, 0.717) is 37.7 Å². The Morgan fingerprint density at radius 2 is 1.91 bits per heavy atom. The van der Waals surface area contributed by atoms with Crippen LogP contribution >= 0.6 is 0 Å². The summed E-state index contributed by atoms with van der Waals surface area (Å²) < 4.78 is 13.3. The van der Waals surface area contributed by atoms with Crippen LogP contribution in [0.2, 0.25) is 0 Å². The number of hydrogen-bond acceptors (Lipinski definition) is 7. The molecule has 3 heterocycles. The normalized spacial score (nSPS) is 16.1. The zero-order valence-electron chi connectivity index (χ0n) is 18.9. The lowest BCUT2D eigenvalue weighted by atomic mass is 10.2. The van der Waals surface area contributed by atoms with Gasteiger partial charge in [-0.3, -0.25) is 9.59 Å². The second-order valence-electron chi connectivity index (χ2n) is 8.25. The van der Waals surface area contributed by atoms with Crippen molar-refractivity contribution in [3.63, 3.8) is 0 Å². The van der Waals surface area contributed by atoms with Crippen molar-refractivity contribution in [1.29, 1.82) is 0 Å². The van der Waals surface area contributed by atoms with E-state index in [4.69, 9.17) is 9.47 Å². The molecule has 2 aromatic carbocycles. The minimum Gasteiger partial charge on any atom is -0.474 e. The summed E-state index contributed by atoms with van der Waals surface area (Å²) in [7, 11) is 1.73. The molecule has 9 heteroatoms. The maximum atomic E-state index is 12.9. The lowest BCUT2D eigenvalue weighted by Crippen LogP contribution is -2.47. The molecule has 9 nitrogen and oxygen atoms in total. The maximum Gasteiger partial charge on any atom is 0.272 e. The summed E-state index contributed by atoms with van der Waals surface area (Å²) >= 11 is 0. The molecule has 1 saturated heterocycles. The summed E-state index contributed by atoms with van der Waals surface area (Å²) in [5, 5.41) is 0.832. The number of fused-ring (bicyclic) bond motifs is 2. The van der Waals surface area contributed by atoms with Crippen LogP contribution in [0, 0.1) is 0 Å². The number of rotatable bonds is 6. The average Bonchev–Trinajstić information content (AvgIpc) is 2.88. The second-order valence-corrected chi connectivity index (χ2v) is 8.25. The number of carbonyl (C=O) groups excluding carboxylic acids is 1. The topological polar surface area (TPSA) is 99.4 Å². The van der Waals surface area contributed by atoms with Crippen molar-refractivity contribution in [2.24, 2.45) is 7.05 Å². The highest BCUT2D eigenvalue weighted by Gasteiger charge is 2.25. The number of nitrogens with zero attached hydrogens (tertiary/aromatic N) is 5. The quantitative estimate of drug-likeness (QED) is 0.435. The smallest absolute Gasteiger partial charge is 0.272 e. The Bertz CT molecular complexity index is 1400. The fourth-order valence-electron chi connectivity index (χ4n) is 4.20. The molecule has 0 saturated carbocycles. The van der Waals surface area contributed by atoms with E-state index in [2.05, 4.69) is 15.0 Å². The van der Waals surface area contributed by atoms with Crippen molar-refractivity contribution in [2.75, 3.05) is 26.3 Å². The minimum atomic E-state index is -0.266. The van der Waals surface area contributed by atoms with Crippen molar-refractivity contribution in [1.82, 2.24) is 24.4 Å². The standard InChI is InChI=1S/C25H25N5O4/c1-29-22-9-5-4-8-20(22)28-21(25(29)32)10-11-23(31)30-12-13-33-17(14-30)15-34-24-18-6-2-3-7-19(18)26-16-27-24/h2-9,16-17H,10-15H2,1H3. The summed E-state index contributed by atoms with van der Waals surface area (Å²) in [6.07, 6.45) is 1.71. The Labute approximate surface area is 196 Å². The van der Waals surface area contributed by atoms with E-state index in [1.165, 1.54) is 6.33 Å². The third-order valence-corrected chi connectivity index (χ3v) is 6.03. The van der Waals surface area contributed by atoms with Crippen molar-refractivity contribution in [2.45, 2.75) is 18.9 Å². The van der Waals surface area contributed by atoms with Gasteiger partial charge in [-0.15, -0.1) is 0 Å². The predicted octanol–water partition coefficient (Wildman–Crippen LogP) is 2.12. The van der Waals surface area contributed by atoms with Crippen LogP contribution in [0.5, 0.6) is 5.88 Å². The van der Waals surface area contributed by atoms with Gasteiger partial charge in [-0.25, -0.2) is 15.0 Å². The molecule has 0 radical (unpaired) electrons. The van der Waals surface area contributed by atoms with Gasteiger partial charge in [-0.2, -0.15) is 0 Å². The first-order chi connectivity index (χ1) is 16.6. The molecule has 4 aromatic rings. The Kier molecular flexibility index (Phi) is 6.18. The van der Waals surface area contributed by atoms with Crippen LogP contribution in [0.1, 0.15) is 12.1 Å². The molecule has 5 rings (SSSR count). The molecule has 1 fully saturated rings. The van der Waals surface area contributed by atoms with Crippen LogP contribution in [-0.2, 0) is 23.0 Å². The van der Waals surface area contributed by atoms with Gasteiger partial charge in [0.15, 0.2) is 0 Å². The van der Waals surface area contributed by atoms with Gasteiger partial charge in [0.1, 0.15) is 24.7 Å². The Morgan fingerprint density at radius 1 is 1.12 bits per heavy atom. The van der Waals surface area contributed by atoms with Crippen LogP contribution in [-0.4, -0.2) is 62.7 Å². The van der Waals surface area contributed by atoms with Crippen molar-refractivity contribution in [3.05, 3.63) is 70.9 Å². The Morgan fingerprint density at radius 3 is 2.79 bits per heavy atom. The van der Waals surface area contributed by atoms with Gasteiger partial charge < -0.3 is 18.9 Å². The van der Waals surface area contributed by atoms with Gasteiger partial charge in [-0.1, -0.05) is 24.3 Å². The first kappa shape index (κ1) is 22.0. The van der Waals surface area contributed by atoms with Crippen LogP contribution < -0.4 is 10.3 Å². The van der Waals surface area contributed by atoms with Gasteiger partial charge in [0.25, 0.3) is 5.56 Å². The largest absolute Gasteiger partial charge is 0.474 e. The summed E-state index contributed by atoms with van der Waals surface area (Å²) in [6.45, 7) is 1.64. The second kappa shape index (κ2) is 9.56. The SMILES string of the molecule is Cn1c(=O)c(CCC(=O)N2CCOC(COc3ncnc4ccccc34)C2)nc2ccccc21. The lowest BCUT2D eigenvalue weighted by molar-refractivity contribution is -0.139. The van der Waals surface area contributed by atoms with Gasteiger partial charge >= 0.3 is 0 Å². The number of aryl methyl sites for hydroxylation is 2. The monoisotopic (exact) mass is 459 g/mol. The highest BCUT2D eigenvalue weighted by molar-refractivity contribution is 5.83. The number of hydrogen-bond donors (Lipinski definition) is 0. The number of carbonyl (C=O) groups is 1. The number of ether oxygens (including phenoxy) is 2. The van der Waals surface area contributed by atoms with Crippen molar-refractivity contribution < 1.29 is 14.3 Å². The number of para-hydroxylation sites is 3. The van der Waals surface area contributed by atoms with Crippen LogP contribution in [0.3, 0.4) is 0 Å². The van der Waals surface area contributed by atoms with Gasteiger partial charge in [0.2, 0.25) is 11.8 Å². The molecule has 0 bridgehead atoms. The highest BCUT2D eigenvalue weighted by Crippen LogP contribution is 2.21. The summed E-state index contributed by atoms with van der Waals surface area (Å²) in [5.41, 5.74) is 2.56. The van der Waals surface area contributed by atoms with E-state index < -0.39 is 0 Å². The summed E-state index contributed by atoms with van der Waals surface area (Å²) in [5.74, 6) is 0.466. The molecule has 1 aliphatic heterocycles. The van der Waals surface area contributed by atoms with Crippen LogP contribution in [0.4, 0.5) is 0 Å². The first-order valence-electron chi connectivity index (χ1n) is 11.3. The van der Waals surface area contributed by atoms with E-state index in [-0.39, 0.29) is 30.6 Å². The average molecular weight is 460 g/mol. The van der Waals surface area contributed by atoms with Gasteiger partial charge in [0, 0.05) is 26.4 Å². The molecule has 1 atom stereocenters. The van der Waals surface area contributed by atoms with E-state index >= 15 is 0 Å². The third-order valence-electron chi connectivity index (χ3n) is 6.03. The molecule has 174 valence electrons. The predicted molar refractivity (Wildman–Crippen MR) is 127 cm³/mol. The van der Waals surface area contributed by atoms with E-state index in [1.54, 1.807) is 16.5 Å². The zero-order valence-corrected chi connectivity index (χ0v) is 18.9. The number of morpholine rings is 1. The summed E-state index contributed by atoms with van der Waals surface area (Å²) in [4.78, 5) is 40.3. The number of amides is 1. The Balaban J connectivity index is 1.20. The number of aromatic nitrogens is 4. The van der Waals surface area contributed by atoms with Crippen molar-refractivity contribution >= 4 is 27.8 Å². The first-order valence-corrected chi connectivity index (χ1v) is 11.3. The molecular weight excluding hydrogens is 434 g/mol. The third kappa shape index (κ3) is 4.47. The molecule has 1 unspecified atom stereocenters. The molecule has 2 aromatic heterocycles. The Hall–Kier alpha value is -3.85. The molecule has 0 aliphatic carbocycles. The van der Waals surface area contributed by atoms with E-state index in [0.717, 1.165) is 21.9 Å². The molecule has 34 heavy (non-hydrogen) atoms. The highest BCUT2D eigenvalue weighted by atomic mass is 16.5. The van der Waals surface area contributed by atoms with Crippen LogP contribution in [0.25, 0.3) is 21.9 Å². The maximum absolute atomic E-state index is 12.9.